The van der Waals surface area contributed by atoms with Gasteiger partial charge in [-0.3, -0.25) is 4.79 Å². The van der Waals surface area contributed by atoms with E-state index >= 15 is 0 Å². The smallest absolute Gasteiger partial charge is 0.237 e. The molecule has 1 aliphatic heterocycles. The monoisotopic (exact) mass is 323 g/mol. The van der Waals surface area contributed by atoms with Gasteiger partial charge in [0, 0.05) is 11.8 Å². The molecule has 8 heteroatoms. The standard InChI is InChI=1S/C13H13N3O3S2/c1-8(21-13-16-14-7-20-13)12(17)15-9-2-3-10-11(6-9)19-5-4-18-10/h2-3,6-8H,4-5H2,1H3,(H,15,17)/t8-/m1/s1. The number of nitrogens with zero attached hydrogens (tertiary/aromatic N) is 2. The van der Waals surface area contributed by atoms with Crippen LogP contribution in [0.1, 0.15) is 6.92 Å². The number of carbonyl (C=O) groups is 1. The van der Waals surface area contributed by atoms with Crippen LogP contribution in [0.2, 0.25) is 0 Å². The maximum atomic E-state index is 12.2. The number of aromatic nitrogens is 2. The van der Waals surface area contributed by atoms with Gasteiger partial charge in [0.05, 0.1) is 5.25 Å². The summed E-state index contributed by atoms with van der Waals surface area (Å²) in [5, 5.41) is 10.3. The van der Waals surface area contributed by atoms with Crippen LogP contribution in [-0.2, 0) is 4.79 Å². The van der Waals surface area contributed by atoms with Crippen LogP contribution in [0, 0.1) is 0 Å². The molecule has 110 valence electrons. The van der Waals surface area contributed by atoms with Gasteiger partial charge in [0.25, 0.3) is 0 Å². The number of hydrogen-bond acceptors (Lipinski definition) is 7. The summed E-state index contributed by atoms with van der Waals surface area (Å²) in [5.74, 6) is 1.27. The molecule has 0 saturated carbocycles. The van der Waals surface area contributed by atoms with E-state index in [-0.39, 0.29) is 11.2 Å². The molecule has 0 unspecified atom stereocenters. The van der Waals surface area contributed by atoms with Crippen LogP contribution < -0.4 is 14.8 Å². The fourth-order valence-corrected chi connectivity index (χ4v) is 3.41. The van der Waals surface area contributed by atoms with Gasteiger partial charge in [0.15, 0.2) is 15.8 Å². The molecule has 0 bridgehead atoms. The third-order valence-electron chi connectivity index (χ3n) is 2.80. The van der Waals surface area contributed by atoms with Gasteiger partial charge in [0.2, 0.25) is 5.91 Å². The van der Waals surface area contributed by atoms with E-state index in [0.29, 0.717) is 30.4 Å². The minimum Gasteiger partial charge on any atom is -0.486 e. The Labute approximate surface area is 129 Å². The molecule has 0 radical (unpaired) electrons. The van der Waals surface area contributed by atoms with Crippen molar-refractivity contribution < 1.29 is 14.3 Å². The van der Waals surface area contributed by atoms with Crippen LogP contribution in [0.25, 0.3) is 0 Å². The number of anilines is 1. The molecule has 2 aromatic rings. The predicted molar refractivity (Wildman–Crippen MR) is 81.3 cm³/mol. The molecule has 1 amide bonds. The number of ether oxygens (including phenoxy) is 2. The zero-order valence-electron chi connectivity index (χ0n) is 11.2. The lowest BCUT2D eigenvalue weighted by Gasteiger charge is -2.19. The van der Waals surface area contributed by atoms with Crippen LogP contribution in [-0.4, -0.2) is 34.6 Å². The van der Waals surface area contributed by atoms with Crippen molar-refractivity contribution in [1.82, 2.24) is 10.2 Å². The SMILES string of the molecule is C[C@@H](Sc1nncs1)C(=O)Nc1ccc2c(c1)OCCO2. The lowest BCUT2D eigenvalue weighted by atomic mass is 10.2. The van der Waals surface area contributed by atoms with Crippen LogP contribution in [0.15, 0.2) is 28.0 Å². The molecule has 3 rings (SSSR count). The Morgan fingerprint density at radius 1 is 1.38 bits per heavy atom. The van der Waals surface area contributed by atoms with Crippen LogP contribution in [0.5, 0.6) is 11.5 Å². The van der Waals surface area contributed by atoms with E-state index in [1.165, 1.54) is 23.1 Å². The van der Waals surface area contributed by atoms with Crippen molar-refractivity contribution in [2.24, 2.45) is 0 Å². The van der Waals surface area contributed by atoms with Crippen molar-refractivity contribution in [3.05, 3.63) is 23.7 Å². The molecule has 21 heavy (non-hydrogen) atoms. The highest BCUT2D eigenvalue weighted by atomic mass is 32.2. The number of hydrogen-bond donors (Lipinski definition) is 1. The molecule has 0 spiro atoms. The summed E-state index contributed by atoms with van der Waals surface area (Å²) in [7, 11) is 0. The lowest BCUT2D eigenvalue weighted by molar-refractivity contribution is -0.115. The summed E-state index contributed by atoms with van der Waals surface area (Å²) in [5.41, 5.74) is 2.34. The molecular formula is C13H13N3O3S2. The number of amides is 1. The Kier molecular flexibility index (Phi) is 4.26. The van der Waals surface area contributed by atoms with E-state index in [4.69, 9.17) is 9.47 Å². The fraction of sp³-hybridized carbons (Fsp3) is 0.308. The van der Waals surface area contributed by atoms with E-state index in [0.717, 1.165) is 4.34 Å². The third kappa shape index (κ3) is 3.45. The highest BCUT2D eigenvalue weighted by molar-refractivity contribution is 8.02. The molecule has 1 atom stereocenters. The van der Waals surface area contributed by atoms with E-state index in [1.807, 2.05) is 6.92 Å². The van der Waals surface area contributed by atoms with E-state index in [9.17, 15) is 4.79 Å². The second-order valence-electron chi connectivity index (χ2n) is 4.31. The predicted octanol–water partition coefficient (Wildman–Crippen LogP) is 2.43. The van der Waals surface area contributed by atoms with Gasteiger partial charge in [-0.15, -0.1) is 10.2 Å². The summed E-state index contributed by atoms with van der Waals surface area (Å²) in [6.45, 7) is 2.90. The molecule has 0 fully saturated rings. The van der Waals surface area contributed by atoms with Gasteiger partial charge in [-0.05, 0) is 19.1 Å². The molecule has 1 aliphatic rings. The van der Waals surface area contributed by atoms with Crippen molar-refractivity contribution >= 4 is 34.7 Å². The molecule has 1 aromatic carbocycles. The van der Waals surface area contributed by atoms with Gasteiger partial charge in [-0.1, -0.05) is 23.1 Å². The van der Waals surface area contributed by atoms with E-state index in [1.54, 1.807) is 23.7 Å². The van der Waals surface area contributed by atoms with Gasteiger partial charge in [0.1, 0.15) is 18.7 Å². The number of carbonyl (C=O) groups excluding carboxylic acids is 1. The molecule has 0 aliphatic carbocycles. The number of benzene rings is 1. The maximum Gasteiger partial charge on any atom is 0.237 e. The minimum absolute atomic E-state index is 0.0909. The quantitative estimate of drug-likeness (QED) is 0.871. The first kappa shape index (κ1) is 14.2. The highest BCUT2D eigenvalue weighted by Gasteiger charge is 2.18. The van der Waals surface area contributed by atoms with Gasteiger partial charge < -0.3 is 14.8 Å². The number of nitrogens with one attached hydrogen (secondary N) is 1. The first-order valence-electron chi connectivity index (χ1n) is 6.36. The molecule has 2 heterocycles. The normalized spacial score (nSPS) is 14.5. The van der Waals surface area contributed by atoms with Gasteiger partial charge in [-0.25, -0.2) is 0 Å². The van der Waals surface area contributed by atoms with Crippen molar-refractivity contribution in [2.45, 2.75) is 16.5 Å². The van der Waals surface area contributed by atoms with Crippen LogP contribution in [0.4, 0.5) is 5.69 Å². The van der Waals surface area contributed by atoms with Crippen LogP contribution in [0.3, 0.4) is 0 Å². The third-order valence-corrected chi connectivity index (χ3v) is 4.71. The summed E-state index contributed by atoms with van der Waals surface area (Å²) in [6.07, 6.45) is 0. The summed E-state index contributed by atoms with van der Waals surface area (Å²) in [4.78, 5) is 12.2. The Morgan fingerprint density at radius 2 is 2.19 bits per heavy atom. The van der Waals surface area contributed by atoms with Crippen LogP contribution >= 0.6 is 23.1 Å². The number of thioether (sulfide) groups is 1. The Bertz CT molecular complexity index is 634. The fourth-order valence-electron chi connectivity index (χ4n) is 1.78. The average molecular weight is 323 g/mol. The number of fused-ring (bicyclic) bond motifs is 1. The second kappa shape index (κ2) is 6.31. The van der Waals surface area contributed by atoms with Gasteiger partial charge in [-0.2, -0.15) is 0 Å². The maximum absolute atomic E-state index is 12.2. The first-order valence-corrected chi connectivity index (χ1v) is 8.11. The molecule has 1 N–H and O–H groups in total. The number of rotatable bonds is 4. The Morgan fingerprint density at radius 3 is 2.95 bits per heavy atom. The Balaban J connectivity index is 1.64. The molecule has 6 nitrogen and oxygen atoms in total. The lowest BCUT2D eigenvalue weighted by Crippen LogP contribution is -2.22. The first-order chi connectivity index (χ1) is 10.2. The summed E-state index contributed by atoms with van der Waals surface area (Å²) >= 11 is 2.80. The van der Waals surface area contributed by atoms with E-state index < -0.39 is 0 Å². The summed E-state index contributed by atoms with van der Waals surface area (Å²) in [6, 6.07) is 5.37. The second-order valence-corrected chi connectivity index (χ2v) is 6.73. The summed E-state index contributed by atoms with van der Waals surface area (Å²) < 4.78 is 11.7. The van der Waals surface area contributed by atoms with E-state index in [2.05, 4.69) is 15.5 Å². The molecule has 0 saturated heterocycles. The zero-order valence-corrected chi connectivity index (χ0v) is 12.9. The molecular weight excluding hydrogens is 310 g/mol. The molecule has 1 aromatic heterocycles. The Hall–Kier alpha value is -1.80. The topological polar surface area (TPSA) is 73.3 Å². The average Bonchev–Trinajstić information content (AvgIpc) is 3.00. The van der Waals surface area contributed by atoms with Gasteiger partial charge >= 0.3 is 0 Å². The largest absolute Gasteiger partial charge is 0.486 e. The van der Waals surface area contributed by atoms with Crippen molar-refractivity contribution in [2.75, 3.05) is 18.5 Å². The van der Waals surface area contributed by atoms with Crippen molar-refractivity contribution in [1.29, 1.82) is 0 Å². The van der Waals surface area contributed by atoms with Crippen molar-refractivity contribution in [3.8, 4) is 11.5 Å². The van der Waals surface area contributed by atoms with Crippen molar-refractivity contribution in [3.63, 3.8) is 0 Å². The highest BCUT2D eigenvalue weighted by Crippen LogP contribution is 2.33. The minimum atomic E-state index is -0.258. The zero-order chi connectivity index (χ0) is 14.7.